The topological polar surface area (TPSA) is 21.3 Å². The van der Waals surface area contributed by atoms with Gasteiger partial charge in [0.1, 0.15) is 0 Å². The summed E-state index contributed by atoms with van der Waals surface area (Å²) in [6.07, 6.45) is 1.06. The molecule has 0 spiro atoms. The molecule has 0 aliphatic carbocycles. The first kappa shape index (κ1) is 12.5. The first-order valence-corrected chi connectivity index (χ1v) is 5.80. The molecule has 0 amide bonds. The summed E-state index contributed by atoms with van der Waals surface area (Å²) in [6, 6.07) is 3.65. The van der Waals surface area contributed by atoms with Crippen LogP contribution in [0, 0.1) is 0 Å². The van der Waals surface area contributed by atoms with Crippen molar-refractivity contribution in [3.05, 3.63) is 22.2 Å². The van der Waals surface area contributed by atoms with Crippen molar-refractivity contribution in [2.24, 2.45) is 0 Å². The smallest absolute Gasteiger partial charge is 0.156 e. The summed E-state index contributed by atoms with van der Waals surface area (Å²) in [6.45, 7) is 5.46. The summed E-state index contributed by atoms with van der Waals surface area (Å²) >= 11 is 12.1. The van der Waals surface area contributed by atoms with Crippen LogP contribution in [0.2, 0.25) is 10.0 Å². The summed E-state index contributed by atoms with van der Waals surface area (Å²) in [5.41, 5.74) is 0.926. The quantitative estimate of drug-likeness (QED) is 0.842. The van der Waals surface area contributed by atoms with Gasteiger partial charge in [-0.3, -0.25) is 0 Å². The van der Waals surface area contributed by atoms with Gasteiger partial charge in [0.25, 0.3) is 0 Å². The third kappa shape index (κ3) is 3.47. The third-order valence-electron chi connectivity index (χ3n) is 1.87. The maximum absolute atomic E-state index is 6.04. The molecule has 4 heteroatoms. The summed E-state index contributed by atoms with van der Waals surface area (Å²) in [5.74, 6) is 0.558. The Bertz CT molecular complexity index is 305. The number of rotatable bonds is 5. The Morgan fingerprint density at radius 3 is 2.27 bits per heavy atom. The highest BCUT2D eigenvalue weighted by Gasteiger charge is 2.08. The van der Waals surface area contributed by atoms with Crippen LogP contribution in [0.3, 0.4) is 0 Å². The van der Waals surface area contributed by atoms with Gasteiger partial charge in [-0.2, -0.15) is 0 Å². The van der Waals surface area contributed by atoms with Crippen molar-refractivity contribution < 1.29 is 4.74 Å². The number of hydrogen-bond donors (Lipinski definition) is 1. The van der Waals surface area contributed by atoms with Crippen molar-refractivity contribution in [1.29, 1.82) is 0 Å². The monoisotopic (exact) mass is 247 g/mol. The lowest BCUT2D eigenvalue weighted by atomic mass is 10.3. The van der Waals surface area contributed by atoms with Crippen LogP contribution in [0.5, 0.6) is 5.75 Å². The normalized spacial score (nSPS) is 10.1. The highest BCUT2D eigenvalue weighted by Crippen LogP contribution is 2.35. The molecular formula is C11H15Cl2NO. The Balaban J connectivity index is 2.87. The van der Waals surface area contributed by atoms with Gasteiger partial charge in [0.05, 0.1) is 16.7 Å². The van der Waals surface area contributed by atoms with E-state index < -0.39 is 0 Å². The summed E-state index contributed by atoms with van der Waals surface area (Å²) in [5, 5.41) is 4.31. The van der Waals surface area contributed by atoms with E-state index in [2.05, 4.69) is 12.2 Å². The lowest BCUT2D eigenvalue weighted by Gasteiger charge is -2.11. The second-order valence-electron chi connectivity index (χ2n) is 3.13. The minimum absolute atomic E-state index is 0.544. The Kier molecular flexibility index (Phi) is 5.06. The zero-order chi connectivity index (χ0) is 11.3. The van der Waals surface area contributed by atoms with Gasteiger partial charge < -0.3 is 10.1 Å². The average Bonchev–Trinajstić information content (AvgIpc) is 2.20. The first-order chi connectivity index (χ1) is 7.19. The number of anilines is 1. The first-order valence-electron chi connectivity index (χ1n) is 5.04. The summed E-state index contributed by atoms with van der Waals surface area (Å²) < 4.78 is 5.34. The van der Waals surface area contributed by atoms with Crippen LogP contribution in [-0.2, 0) is 0 Å². The molecule has 0 bridgehead atoms. The second kappa shape index (κ2) is 6.09. The molecule has 15 heavy (non-hydrogen) atoms. The van der Waals surface area contributed by atoms with Gasteiger partial charge in [-0.1, -0.05) is 30.1 Å². The van der Waals surface area contributed by atoms with E-state index in [4.69, 9.17) is 27.9 Å². The summed E-state index contributed by atoms with van der Waals surface area (Å²) in [7, 11) is 0. The van der Waals surface area contributed by atoms with E-state index in [-0.39, 0.29) is 0 Å². The average molecular weight is 248 g/mol. The van der Waals surface area contributed by atoms with E-state index in [1.165, 1.54) is 0 Å². The fourth-order valence-electron chi connectivity index (χ4n) is 1.21. The van der Waals surface area contributed by atoms with Gasteiger partial charge in [0.15, 0.2) is 5.75 Å². The van der Waals surface area contributed by atoms with Crippen molar-refractivity contribution >= 4 is 28.9 Å². The van der Waals surface area contributed by atoms with E-state index >= 15 is 0 Å². The van der Waals surface area contributed by atoms with Crippen molar-refractivity contribution in [2.45, 2.75) is 20.3 Å². The van der Waals surface area contributed by atoms with E-state index in [0.29, 0.717) is 22.4 Å². The highest BCUT2D eigenvalue weighted by molar-refractivity contribution is 6.37. The maximum Gasteiger partial charge on any atom is 0.156 e. The molecule has 0 aliphatic heterocycles. The molecule has 1 rings (SSSR count). The molecule has 84 valence electrons. The minimum Gasteiger partial charge on any atom is -0.491 e. The van der Waals surface area contributed by atoms with Gasteiger partial charge in [0, 0.05) is 12.2 Å². The molecule has 0 saturated heterocycles. The molecule has 1 aromatic carbocycles. The lowest BCUT2D eigenvalue weighted by molar-refractivity contribution is 0.340. The Labute approximate surface area is 101 Å². The Hall–Kier alpha value is -0.600. The van der Waals surface area contributed by atoms with E-state index in [9.17, 15) is 0 Å². The zero-order valence-electron chi connectivity index (χ0n) is 8.94. The fraction of sp³-hybridized carbons (Fsp3) is 0.455. The predicted octanol–water partition coefficient (Wildman–Crippen LogP) is 4.21. The standard InChI is InChI=1S/C11H15Cl2NO/c1-3-5-14-8-6-9(12)11(15-4-2)10(13)7-8/h6-7,14H,3-5H2,1-2H3. The van der Waals surface area contributed by atoms with Crippen molar-refractivity contribution in [3.8, 4) is 5.75 Å². The molecule has 0 aromatic heterocycles. The number of nitrogens with one attached hydrogen (secondary N) is 1. The largest absolute Gasteiger partial charge is 0.491 e. The van der Waals surface area contributed by atoms with Crippen LogP contribution < -0.4 is 10.1 Å². The van der Waals surface area contributed by atoms with Crippen LogP contribution in [0.4, 0.5) is 5.69 Å². The number of halogens is 2. The Morgan fingerprint density at radius 1 is 1.20 bits per heavy atom. The van der Waals surface area contributed by atoms with E-state index in [1.807, 2.05) is 19.1 Å². The van der Waals surface area contributed by atoms with Gasteiger partial charge in [-0.05, 0) is 25.5 Å². The van der Waals surface area contributed by atoms with Crippen LogP contribution in [-0.4, -0.2) is 13.2 Å². The van der Waals surface area contributed by atoms with E-state index in [1.54, 1.807) is 0 Å². The molecule has 0 aliphatic rings. The van der Waals surface area contributed by atoms with Gasteiger partial charge in [-0.25, -0.2) is 0 Å². The van der Waals surface area contributed by atoms with Gasteiger partial charge >= 0.3 is 0 Å². The molecule has 0 unspecified atom stereocenters. The maximum atomic E-state index is 6.04. The third-order valence-corrected chi connectivity index (χ3v) is 2.43. The van der Waals surface area contributed by atoms with Crippen molar-refractivity contribution in [3.63, 3.8) is 0 Å². The number of ether oxygens (including phenoxy) is 1. The lowest BCUT2D eigenvalue weighted by Crippen LogP contribution is -2.00. The molecule has 0 heterocycles. The second-order valence-corrected chi connectivity index (χ2v) is 3.94. The van der Waals surface area contributed by atoms with Crippen LogP contribution in [0.1, 0.15) is 20.3 Å². The van der Waals surface area contributed by atoms with Crippen molar-refractivity contribution in [1.82, 2.24) is 0 Å². The number of benzene rings is 1. The molecule has 2 nitrogen and oxygen atoms in total. The fourth-order valence-corrected chi connectivity index (χ4v) is 1.81. The van der Waals surface area contributed by atoms with Crippen LogP contribution in [0.15, 0.2) is 12.1 Å². The zero-order valence-corrected chi connectivity index (χ0v) is 10.5. The molecule has 1 aromatic rings. The SMILES string of the molecule is CCCNc1cc(Cl)c(OCC)c(Cl)c1. The van der Waals surface area contributed by atoms with Crippen LogP contribution in [0.25, 0.3) is 0 Å². The molecule has 1 N–H and O–H groups in total. The summed E-state index contributed by atoms with van der Waals surface area (Å²) in [4.78, 5) is 0. The molecule has 0 radical (unpaired) electrons. The number of hydrogen-bond acceptors (Lipinski definition) is 2. The van der Waals surface area contributed by atoms with Crippen molar-refractivity contribution in [2.75, 3.05) is 18.5 Å². The van der Waals surface area contributed by atoms with Crippen LogP contribution >= 0.6 is 23.2 Å². The van der Waals surface area contributed by atoms with E-state index in [0.717, 1.165) is 18.7 Å². The predicted molar refractivity (Wildman–Crippen MR) is 66.4 cm³/mol. The molecule has 0 fully saturated rings. The molecule has 0 atom stereocenters. The Morgan fingerprint density at radius 2 is 1.80 bits per heavy atom. The molecular weight excluding hydrogens is 233 g/mol. The minimum atomic E-state index is 0.544. The van der Waals surface area contributed by atoms with Gasteiger partial charge in [-0.15, -0.1) is 0 Å². The highest BCUT2D eigenvalue weighted by atomic mass is 35.5. The molecule has 0 saturated carbocycles. The van der Waals surface area contributed by atoms with Gasteiger partial charge in [0.2, 0.25) is 0 Å².